The fourth-order valence-electron chi connectivity index (χ4n) is 11.2. The van der Waals surface area contributed by atoms with E-state index >= 15 is 0 Å². The van der Waals surface area contributed by atoms with E-state index in [0.29, 0.717) is 5.56 Å². The van der Waals surface area contributed by atoms with Gasteiger partial charge in [0.1, 0.15) is 5.58 Å². The van der Waals surface area contributed by atoms with Crippen molar-refractivity contribution in [2.24, 2.45) is 0 Å². The molecule has 0 fully saturated rings. The molecular formula is C73H69IrN3O-2. The zero-order valence-corrected chi connectivity index (χ0v) is 49.0. The topological polar surface area (TPSA) is 43.9 Å². The molecule has 3 heterocycles. The first-order valence-corrected chi connectivity index (χ1v) is 27.3. The molecule has 0 aliphatic carbocycles. The van der Waals surface area contributed by atoms with E-state index in [0.717, 1.165) is 77.9 Å². The van der Waals surface area contributed by atoms with Crippen LogP contribution in [0.3, 0.4) is 0 Å². The number of furan rings is 1. The monoisotopic (exact) mass is 1200 g/mol. The summed E-state index contributed by atoms with van der Waals surface area (Å²) >= 11 is 0. The molecular weight excluding hydrogens is 1130 g/mol. The van der Waals surface area contributed by atoms with E-state index in [-0.39, 0.29) is 49.2 Å². The summed E-state index contributed by atoms with van der Waals surface area (Å²) in [6, 6.07) is 66.4. The molecule has 12 rings (SSSR count). The van der Waals surface area contributed by atoms with Gasteiger partial charge in [-0.3, -0.25) is 4.98 Å². The number of fused-ring (bicyclic) bond motifs is 7. The van der Waals surface area contributed by atoms with Crippen molar-refractivity contribution in [2.75, 3.05) is 0 Å². The van der Waals surface area contributed by atoms with E-state index in [1.165, 1.54) is 55.0 Å². The minimum atomic E-state index is -2.23. The number of pyridine rings is 1. The molecule has 393 valence electrons. The number of para-hydroxylation sites is 2. The number of aromatic nitrogens is 3. The predicted octanol–water partition coefficient (Wildman–Crippen LogP) is 20.7. The fourth-order valence-corrected chi connectivity index (χ4v) is 11.2. The van der Waals surface area contributed by atoms with Gasteiger partial charge in [-0.15, -0.1) is 47.5 Å². The van der Waals surface area contributed by atoms with E-state index in [4.69, 9.17) is 13.5 Å². The third-order valence-corrected chi connectivity index (χ3v) is 15.3. The Morgan fingerprint density at radius 3 is 1.94 bits per heavy atom. The maximum absolute atomic E-state index is 8.21. The van der Waals surface area contributed by atoms with Gasteiger partial charge in [0.15, 0.2) is 0 Å². The number of benzene rings is 9. The zero-order valence-electron chi connectivity index (χ0n) is 49.6. The number of hydrogen-bond donors (Lipinski definition) is 0. The zero-order chi connectivity index (χ0) is 56.4. The molecule has 0 spiro atoms. The van der Waals surface area contributed by atoms with Gasteiger partial charge >= 0.3 is 0 Å². The summed E-state index contributed by atoms with van der Waals surface area (Å²) in [5, 5.41) is 7.02. The maximum Gasteiger partial charge on any atom is 0.121 e. The third kappa shape index (κ3) is 10.0. The van der Waals surface area contributed by atoms with E-state index in [2.05, 4.69) is 243 Å². The number of nitrogens with zero attached hydrogens (tertiary/aromatic N) is 3. The van der Waals surface area contributed by atoms with Crippen molar-refractivity contribution in [3.05, 3.63) is 222 Å². The molecule has 0 atom stereocenters. The molecule has 0 amide bonds. The average Bonchev–Trinajstić information content (AvgIpc) is 4.05. The summed E-state index contributed by atoms with van der Waals surface area (Å²) < 4.78 is 33.8. The van der Waals surface area contributed by atoms with Crippen LogP contribution in [-0.4, -0.2) is 14.5 Å². The van der Waals surface area contributed by atoms with Gasteiger partial charge in [0.05, 0.1) is 22.4 Å². The second-order valence-corrected chi connectivity index (χ2v) is 23.0. The van der Waals surface area contributed by atoms with Gasteiger partial charge in [0.2, 0.25) is 0 Å². The Labute approximate surface area is 479 Å². The molecule has 3 aromatic heterocycles. The minimum absolute atomic E-state index is 0. The molecule has 5 heteroatoms. The summed E-state index contributed by atoms with van der Waals surface area (Å²) in [6.07, 6.45) is 1.82. The molecule has 4 nitrogen and oxygen atoms in total. The van der Waals surface area contributed by atoms with Crippen molar-refractivity contribution in [1.29, 1.82) is 0 Å². The molecule has 0 aliphatic rings. The molecule has 9 aromatic carbocycles. The summed E-state index contributed by atoms with van der Waals surface area (Å²) in [4.78, 5) is 9.92. The number of aryl methyl sites for hydroxylation is 1. The van der Waals surface area contributed by atoms with Gasteiger partial charge in [-0.1, -0.05) is 203 Å². The number of imidazole rings is 1. The fraction of sp³-hybridized carbons (Fsp3) is 0.233. The first-order chi connectivity index (χ1) is 38.3. The van der Waals surface area contributed by atoms with Gasteiger partial charge in [0, 0.05) is 41.5 Å². The molecule has 12 aromatic rings. The Bertz CT molecular complexity index is 4230. The van der Waals surface area contributed by atoms with Gasteiger partial charge in [-0.05, 0) is 143 Å². The first kappa shape index (κ1) is 50.1. The van der Waals surface area contributed by atoms with Crippen molar-refractivity contribution in [2.45, 2.75) is 112 Å². The second kappa shape index (κ2) is 21.8. The first-order valence-electron chi connectivity index (χ1n) is 28.8. The summed E-state index contributed by atoms with van der Waals surface area (Å²) in [5.41, 5.74) is 18.1. The third-order valence-electron chi connectivity index (χ3n) is 15.3. The summed E-state index contributed by atoms with van der Waals surface area (Å²) in [7, 11) is 0. The minimum Gasteiger partial charge on any atom is -0.501 e. The Morgan fingerprint density at radius 2 is 1.24 bits per heavy atom. The van der Waals surface area contributed by atoms with Crippen LogP contribution in [-0.2, 0) is 25.5 Å². The molecule has 0 N–H and O–H groups in total. The Hall–Kier alpha value is -7.43. The Morgan fingerprint density at radius 1 is 0.577 bits per heavy atom. The van der Waals surface area contributed by atoms with Crippen LogP contribution in [0.4, 0.5) is 0 Å². The van der Waals surface area contributed by atoms with Crippen molar-refractivity contribution in [1.82, 2.24) is 14.5 Å². The molecule has 0 bridgehead atoms. The van der Waals surface area contributed by atoms with Crippen LogP contribution >= 0.6 is 0 Å². The van der Waals surface area contributed by atoms with Crippen LogP contribution < -0.4 is 0 Å². The molecule has 0 saturated heterocycles. The Balaban J connectivity index is 0.000000196. The predicted molar refractivity (Wildman–Crippen MR) is 327 cm³/mol. The van der Waals surface area contributed by atoms with Crippen LogP contribution in [0.1, 0.15) is 137 Å². The Kier molecular flexibility index (Phi) is 14.0. The molecule has 0 aliphatic heterocycles. The van der Waals surface area contributed by atoms with Crippen LogP contribution in [0.5, 0.6) is 0 Å². The van der Waals surface area contributed by atoms with Gasteiger partial charge in [-0.25, -0.2) is 0 Å². The van der Waals surface area contributed by atoms with E-state index in [9.17, 15) is 0 Å². The SMILES string of the molecule is CC(C)c1cc(-c2ccccc2)cc(C(C)C)c1-n1c(-c2[c-]ccc3c2oc2cc4c(ccc5ccccc54)cc23)nc2ccccc21.[2H]C([2H])([2H])c1c[c-]c(-c2cc(C(C)(C)C)ccn2)cc1-c1c(C(C)C)cccc1C(C)C.[Ir]. The molecule has 1 radical (unpaired) electrons. The quantitative estimate of drug-likeness (QED) is 0.107. The second-order valence-electron chi connectivity index (χ2n) is 23.0. The largest absolute Gasteiger partial charge is 0.501 e. The molecule has 0 unspecified atom stereocenters. The van der Waals surface area contributed by atoms with Crippen molar-refractivity contribution in [3.8, 4) is 50.6 Å². The normalized spacial score (nSPS) is 12.7. The van der Waals surface area contributed by atoms with Crippen LogP contribution in [0, 0.1) is 19.0 Å². The van der Waals surface area contributed by atoms with Gasteiger partial charge in [0.25, 0.3) is 0 Å². The van der Waals surface area contributed by atoms with Crippen molar-refractivity contribution >= 4 is 54.5 Å². The smallest absolute Gasteiger partial charge is 0.121 e. The summed E-state index contributed by atoms with van der Waals surface area (Å²) in [5.74, 6) is 1.94. The van der Waals surface area contributed by atoms with Gasteiger partial charge in [-0.2, -0.15) is 0 Å². The van der Waals surface area contributed by atoms with Crippen molar-refractivity contribution < 1.29 is 28.6 Å². The van der Waals surface area contributed by atoms with E-state index < -0.39 is 6.85 Å². The van der Waals surface area contributed by atoms with Crippen molar-refractivity contribution in [3.63, 3.8) is 0 Å². The van der Waals surface area contributed by atoms with Crippen LogP contribution in [0.25, 0.3) is 105 Å². The molecule has 0 saturated carbocycles. The van der Waals surface area contributed by atoms with E-state index in [1.54, 1.807) is 6.07 Å². The number of hydrogen-bond acceptors (Lipinski definition) is 3. The summed E-state index contributed by atoms with van der Waals surface area (Å²) in [6.45, 7) is 22.1. The maximum atomic E-state index is 8.21. The molecule has 78 heavy (non-hydrogen) atoms. The van der Waals surface area contributed by atoms with Crippen LogP contribution in [0.15, 0.2) is 180 Å². The number of rotatable bonds is 9. The van der Waals surface area contributed by atoms with Crippen LogP contribution in [0.2, 0.25) is 0 Å². The van der Waals surface area contributed by atoms with E-state index in [1.807, 2.05) is 24.4 Å². The van der Waals surface area contributed by atoms with Gasteiger partial charge < -0.3 is 14.0 Å². The standard InChI is InChI=1S/C45H35N2O.C28H34N.Ir/c1-27(2)36-24-32(29-13-6-5-7-14-29)25-37(28(3)4)43(36)47-41-20-11-10-19-40(41)46-45(47)35-18-12-17-34-39-23-31-22-21-30-15-8-9-16-33(30)38(31)26-42(39)48-44(34)35;1-18(2)23-10-9-11-24(19(3)4)27(23)25-16-21(13-12-20(25)5)26-17-22(14-15-29-26)28(6,7)8;/h5-17,19-28H,1-4H3;9-12,14-19H,1-8H3;/q2*-1;/i;5D3;. The average molecular weight is 1200 g/mol.